The molecule has 5 heteroatoms. The summed E-state index contributed by atoms with van der Waals surface area (Å²) in [4.78, 5) is 21.0. The van der Waals surface area contributed by atoms with Crippen LogP contribution in [0.2, 0.25) is 0 Å². The largest absolute Gasteiger partial charge is 0.481 e. The van der Waals surface area contributed by atoms with Gasteiger partial charge in [-0.15, -0.1) is 0 Å². The molecular weight excluding hydrogens is 188 g/mol. The third-order valence-corrected chi connectivity index (χ3v) is 2.57. The average Bonchev–Trinajstić information content (AvgIpc) is 1.99. The van der Waals surface area contributed by atoms with E-state index in [1.54, 1.807) is 20.8 Å². The fourth-order valence-electron chi connectivity index (χ4n) is 0.912. The fourth-order valence-corrected chi connectivity index (χ4v) is 0.912. The van der Waals surface area contributed by atoms with Gasteiger partial charge in [-0.25, -0.2) is 0 Å². The zero-order valence-electron chi connectivity index (χ0n) is 8.70. The molecule has 0 saturated carbocycles. The molecule has 0 aromatic rings. The molecule has 4 N–H and O–H groups in total. The molecule has 5 nitrogen and oxygen atoms in total. The maximum absolute atomic E-state index is 10.8. The van der Waals surface area contributed by atoms with Crippen LogP contribution in [0, 0.1) is 11.3 Å². The van der Waals surface area contributed by atoms with Gasteiger partial charge in [-0.05, 0) is 26.2 Å². The van der Waals surface area contributed by atoms with Crippen molar-refractivity contribution in [1.29, 1.82) is 0 Å². The molecule has 0 aromatic carbocycles. The quantitative estimate of drug-likeness (QED) is 0.692. The van der Waals surface area contributed by atoms with Crippen LogP contribution < -0.4 is 0 Å². The number of aliphatic carboxylic acids is 2. The number of hydrogen-bond donors (Lipinski definition) is 2. The highest BCUT2D eigenvalue weighted by Gasteiger charge is 2.33. The molecular formula is C9H18O5. The third kappa shape index (κ3) is 4.23. The predicted octanol–water partition coefficient (Wildman–Crippen LogP) is 0.773. The van der Waals surface area contributed by atoms with Crippen LogP contribution in [0.3, 0.4) is 0 Å². The van der Waals surface area contributed by atoms with E-state index in [4.69, 9.17) is 10.2 Å². The van der Waals surface area contributed by atoms with Crippen LogP contribution in [-0.2, 0) is 9.59 Å². The molecule has 0 amide bonds. The van der Waals surface area contributed by atoms with Crippen LogP contribution in [0.4, 0.5) is 0 Å². The average molecular weight is 206 g/mol. The molecule has 0 heterocycles. The van der Waals surface area contributed by atoms with Crippen molar-refractivity contribution in [1.82, 2.24) is 0 Å². The zero-order valence-corrected chi connectivity index (χ0v) is 8.70. The van der Waals surface area contributed by atoms with Crippen LogP contribution in [0.1, 0.15) is 33.6 Å². The summed E-state index contributed by atoms with van der Waals surface area (Å²) in [6, 6.07) is 0. The highest BCUT2D eigenvalue weighted by atomic mass is 16.4. The van der Waals surface area contributed by atoms with Gasteiger partial charge in [0.1, 0.15) is 0 Å². The minimum atomic E-state index is -0.884. The summed E-state index contributed by atoms with van der Waals surface area (Å²) in [5.41, 5.74) is -0.852. The van der Waals surface area contributed by atoms with E-state index in [-0.39, 0.29) is 17.8 Å². The Morgan fingerprint density at radius 2 is 1.71 bits per heavy atom. The molecule has 84 valence electrons. The Hall–Kier alpha value is -1.10. The first-order valence-corrected chi connectivity index (χ1v) is 4.23. The van der Waals surface area contributed by atoms with Crippen LogP contribution in [0.5, 0.6) is 0 Å². The zero-order chi connectivity index (χ0) is 10.6. The number of carboxylic acids is 2. The van der Waals surface area contributed by atoms with Crippen LogP contribution in [0.15, 0.2) is 0 Å². The van der Waals surface area contributed by atoms with Gasteiger partial charge in [0.15, 0.2) is 0 Å². The normalized spacial score (nSPS) is 12.8. The lowest BCUT2D eigenvalue weighted by Crippen LogP contribution is -2.31. The Morgan fingerprint density at radius 3 is 2.00 bits per heavy atom. The number of hydrogen-bond acceptors (Lipinski definition) is 2. The van der Waals surface area contributed by atoms with Crippen molar-refractivity contribution in [2.45, 2.75) is 33.6 Å². The highest BCUT2D eigenvalue weighted by Crippen LogP contribution is 2.30. The van der Waals surface area contributed by atoms with Gasteiger partial charge in [0.25, 0.3) is 0 Å². The minimum absolute atomic E-state index is 0. The third-order valence-electron chi connectivity index (χ3n) is 2.57. The Kier molecular flexibility index (Phi) is 6.14. The minimum Gasteiger partial charge on any atom is -0.481 e. The van der Waals surface area contributed by atoms with Crippen molar-refractivity contribution in [2.75, 3.05) is 0 Å². The van der Waals surface area contributed by atoms with E-state index in [1.165, 1.54) is 0 Å². The lowest BCUT2D eigenvalue weighted by Gasteiger charge is -2.26. The molecule has 0 aromatic heterocycles. The highest BCUT2D eigenvalue weighted by molar-refractivity contribution is 5.74. The molecule has 1 atom stereocenters. The summed E-state index contributed by atoms with van der Waals surface area (Å²) in [5, 5.41) is 17.2. The molecule has 0 radical (unpaired) electrons. The molecule has 14 heavy (non-hydrogen) atoms. The summed E-state index contributed by atoms with van der Waals surface area (Å²) in [6.07, 6.45) is 0.423. The van der Waals surface area contributed by atoms with Crippen molar-refractivity contribution >= 4 is 11.9 Å². The SMILES string of the molecule is CC(CCC(=O)O)C(C)(C)C(=O)O.O. The number of carboxylic acid groups (broad SMARTS) is 2. The molecule has 0 fully saturated rings. The van der Waals surface area contributed by atoms with Crippen LogP contribution >= 0.6 is 0 Å². The van der Waals surface area contributed by atoms with E-state index >= 15 is 0 Å². The Bertz CT molecular complexity index is 209. The van der Waals surface area contributed by atoms with Crippen molar-refractivity contribution < 1.29 is 25.3 Å². The fraction of sp³-hybridized carbons (Fsp3) is 0.778. The van der Waals surface area contributed by atoms with Gasteiger partial charge in [0.05, 0.1) is 5.41 Å². The van der Waals surface area contributed by atoms with Crippen LogP contribution in [-0.4, -0.2) is 27.6 Å². The molecule has 1 unspecified atom stereocenters. The van der Waals surface area contributed by atoms with E-state index in [9.17, 15) is 9.59 Å². The van der Waals surface area contributed by atoms with E-state index < -0.39 is 17.4 Å². The van der Waals surface area contributed by atoms with Gasteiger partial charge in [-0.2, -0.15) is 0 Å². The van der Waals surface area contributed by atoms with Crippen molar-refractivity contribution in [3.8, 4) is 0 Å². The van der Waals surface area contributed by atoms with E-state index in [1.807, 2.05) is 0 Å². The molecule has 0 aliphatic carbocycles. The second-order valence-electron chi connectivity index (χ2n) is 3.86. The van der Waals surface area contributed by atoms with Crippen molar-refractivity contribution in [3.63, 3.8) is 0 Å². The van der Waals surface area contributed by atoms with Crippen molar-refractivity contribution in [3.05, 3.63) is 0 Å². The smallest absolute Gasteiger partial charge is 0.309 e. The molecule has 0 aliphatic heterocycles. The molecule has 0 spiro atoms. The number of rotatable bonds is 5. The van der Waals surface area contributed by atoms with Gasteiger partial charge in [0.2, 0.25) is 0 Å². The molecule has 0 saturated heterocycles. The predicted molar refractivity (Wildman–Crippen MR) is 51.1 cm³/mol. The van der Waals surface area contributed by atoms with Crippen LogP contribution in [0.25, 0.3) is 0 Å². The van der Waals surface area contributed by atoms with E-state index in [0.29, 0.717) is 6.42 Å². The summed E-state index contributed by atoms with van der Waals surface area (Å²) < 4.78 is 0. The Labute approximate surface area is 83.1 Å². The van der Waals surface area contributed by atoms with E-state index in [0.717, 1.165) is 0 Å². The maximum Gasteiger partial charge on any atom is 0.309 e. The summed E-state index contributed by atoms with van der Waals surface area (Å²) in [7, 11) is 0. The molecule has 0 aliphatic rings. The Balaban J connectivity index is 0. The standard InChI is InChI=1S/C9H16O4.H2O/c1-6(4-5-7(10)11)9(2,3)8(12)13;/h6H,4-5H2,1-3H3,(H,10,11)(H,12,13);1H2. The second-order valence-corrected chi connectivity index (χ2v) is 3.86. The maximum atomic E-state index is 10.8. The summed E-state index contributed by atoms with van der Waals surface area (Å²) in [6.45, 7) is 4.99. The van der Waals surface area contributed by atoms with E-state index in [2.05, 4.69) is 0 Å². The first-order chi connectivity index (χ1) is 5.78. The molecule has 0 rings (SSSR count). The summed E-state index contributed by atoms with van der Waals surface area (Å²) >= 11 is 0. The summed E-state index contributed by atoms with van der Waals surface area (Å²) in [5.74, 6) is -1.90. The van der Waals surface area contributed by atoms with Crippen molar-refractivity contribution in [2.24, 2.45) is 11.3 Å². The topological polar surface area (TPSA) is 106 Å². The van der Waals surface area contributed by atoms with Gasteiger partial charge < -0.3 is 15.7 Å². The number of carbonyl (C=O) groups is 2. The van der Waals surface area contributed by atoms with Gasteiger partial charge in [0, 0.05) is 6.42 Å². The first-order valence-electron chi connectivity index (χ1n) is 4.23. The molecule has 0 bridgehead atoms. The van der Waals surface area contributed by atoms with Gasteiger partial charge in [-0.1, -0.05) is 6.92 Å². The first kappa shape index (κ1) is 15.4. The monoisotopic (exact) mass is 206 g/mol. The lowest BCUT2D eigenvalue weighted by atomic mass is 9.78. The Morgan fingerprint density at radius 1 is 1.29 bits per heavy atom. The van der Waals surface area contributed by atoms with Gasteiger partial charge >= 0.3 is 11.9 Å². The van der Waals surface area contributed by atoms with Gasteiger partial charge in [-0.3, -0.25) is 9.59 Å². The second kappa shape index (κ2) is 5.59. The lowest BCUT2D eigenvalue weighted by molar-refractivity contribution is -0.150.